The highest BCUT2D eigenvalue weighted by molar-refractivity contribution is 7.71. The Bertz CT molecular complexity index is 519. The molecular formula is C10H13N3S2. The molecule has 0 atom stereocenters. The van der Waals surface area contributed by atoms with Gasteiger partial charge in [0.2, 0.25) is 0 Å². The molecule has 0 fully saturated rings. The third-order valence-corrected chi connectivity index (χ3v) is 3.47. The summed E-state index contributed by atoms with van der Waals surface area (Å²) in [5, 5.41) is 11.4. The van der Waals surface area contributed by atoms with Crippen molar-refractivity contribution in [2.24, 2.45) is 0 Å². The van der Waals surface area contributed by atoms with E-state index in [9.17, 15) is 0 Å². The molecule has 0 amide bonds. The third kappa shape index (κ3) is 1.77. The van der Waals surface area contributed by atoms with E-state index in [0.717, 1.165) is 5.82 Å². The molecule has 15 heavy (non-hydrogen) atoms. The van der Waals surface area contributed by atoms with Crippen molar-refractivity contribution in [3.8, 4) is 11.4 Å². The molecule has 2 aromatic rings. The Kier molecular flexibility index (Phi) is 2.75. The molecule has 2 aromatic heterocycles. The number of nitrogens with zero attached hydrogens (tertiary/aromatic N) is 2. The number of aromatic nitrogens is 3. The van der Waals surface area contributed by atoms with Gasteiger partial charge >= 0.3 is 0 Å². The average Bonchev–Trinajstić information content (AvgIpc) is 2.71. The number of nitrogens with one attached hydrogen (secondary N) is 1. The molecule has 5 heteroatoms. The molecule has 2 rings (SSSR count). The van der Waals surface area contributed by atoms with Crippen LogP contribution >= 0.6 is 23.6 Å². The van der Waals surface area contributed by atoms with Crippen LogP contribution in [0.5, 0.6) is 0 Å². The van der Waals surface area contributed by atoms with Gasteiger partial charge in [-0.1, -0.05) is 0 Å². The molecule has 2 heterocycles. The summed E-state index contributed by atoms with van der Waals surface area (Å²) in [5.41, 5.74) is 2.41. The van der Waals surface area contributed by atoms with E-state index < -0.39 is 0 Å². The Balaban J connectivity index is 2.64. The van der Waals surface area contributed by atoms with E-state index in [4.69, 9.17) is 12.2 Å². The van der Waals surface area contributed by atoms with Crippen LogP contribution in [0.3, 0.4) is 0 Å². The average molecular weight is 239 g/mol. The van der Waals surface area contributed by atoms with Gasteiger partial charge in [0.25, 0.3) is 0 Å². The van der Waals surface area contributed by atoms with E-state index in [1.165, 1.54) is 11.1 Å². The zero-order chi connectivity index (χ0) is 11.0. The van der Waals surface area contributed by atoms with Crippen molar-refractivity contribution in [1.29, 1.82) is 0 Å². The summed E-state index contributed by atoms with van der Waals surface area (Å²) >= 11 is 6.90. The second-order valence-corrected chi connectivity index (χ2v) is 4.91. The van der Waals surface area contributed by atoms with Crippen molar-refractivity contribution in [2.45, 2.75) is 26.8 Å². The van der Waals surface area contributed by atoms with Gasteiger partial charge < -0.3 is 0 Å². The lowest BCUT2D eigenvalue weighted by atomic mass is 10.2. The van der Waals surface area contributed by atoms with Crippen LogP contribution in [0.15, 0.2) is 10.8 Å². The Morgan fingerprint density at radius 1 is 1.47 bits per heavy atom. The first-order chi connectivity index (χ1) is 7.11. The summed E-state index contributed by atoms with van der Waals surface area (Å²) in [5.74, 6) is 0.939. The van der Waals surface area contributed by atoms with Gasteiger partial charge in [-0.05, 0) is 43.9 Å². The van der Waals surface area contributed by atoms with Crippen LogP contribution in [0.25, 0.3) is 11.4 Å². The summed E-state index contributed by atoms with van der Waals surface area (Å²) in [7, 11) is 0. The summed E-state index contributed by atoms with van der Waals surface area (Å²) in [6.45, 7) is 6.31. The Morgan fingerprint density at radius 3 is 2.73 bits per heavy atom. The smallest absolute Gasteiger partial charge is 0.195 e. The van der Waals surface area contributed by atoms with Gasteiger partial charge in [-0.25, -0.2) is 0 Å². The summed E-state index contributed by atoms with van der Waals surface area (Å²) in [6, 6.07) is 0.325. The molecule has 0 bridgehead atoms. The largest absolute Gasteiger partial charge is 0.298 e. The lowest BCUT2D eigenvalue weighted by Gasteiger charge is -2.09. The number of aromatic amines is 1. The number of thiophene rings is 1. The van der Waals surface area contributed by atoms with Crippen LogP contribution in [-0.2, 0) is 0 Å². The van der Waals surface area contributed by atoms with Crippen LogP contribution in [0.2, 0.25) is 0 Å². The van der Waals surface area contributed by atoms with Crippen molar-refractivity contribution in [2.75, 3.05) is 0 Å². The lowest BCUT2D eigenvalue weighted by molar-refractivity contribution is 0.597. The number of rotatable bonds is 2. The van der Waals surface area contributed by atoms with E-state index >= 15 is 0 Å². The van der Waals surface area contributed by atoms with Gasteiger partial charge in [-0.15, -0.1) is 0 Å². The minimum absolute atomic E-state index is 0.325. The summed E-state index contributed by atoms with van der Waals surface area (Å²) < 4.78 is 2.73. The third-order valence-electron chi connectivity index (χ3n) is 2.32. The second kappa shape index (κ2) is 3.90. The maximum Gasteiger partial charge on any atom is 0.195 e. The second-order valence-electron chi connectivity index (χ2n) is 3.78. The molecule has 0 spiro atoms. The van der Waals surface area contributed by atoms with Crippen molar-refractivity contribution in [1.82, 2.24) is 14.8 Å². The summed E-state index contributed by atoms with van der Waals surface area (Å²) in [4.78, 5) is 0. The van der Waals surface area contributed by atoms with E-state index in [1.54, 1.807) is 11.3 Å². The minimum atomic E-state index is 0.325. The van der Waals surface area contributed by atoms with Gasteiger partial charge in [-0.2, -0.15) is 16.4 Å². The predicted octanol–water partition coefficient (Wildman–Crippen LogP) is 3.56. The van der Waals surface area contributed by atoms with E-state index in [1.807, 2.05) is 4.57 Å². The van der Waals surface area contributed by atoms with Crippen LogP contribution < -0.4 is 0 Å². The molecule has 0 radical (unpaired) electrons. The standard InChI is InChI=1S/C10H13N3S2/c1-6(2)13-9(11-12-10(13)14)8-5-15-4-7(8)3/h4-6H,1-3H3,(H,12,14). The maximum atomic E-state index is 5.21. The normalized spacial score (nSPS) is 11.2. The Labute approximate surface area is 97.8 Å². The number of hydrogen-bond donors (Lipinski definition) is 1. The number of H-pyrrole nitrogens is 1. The molecule has 3 nitrogen and oxygen atoms in total. The highest BCUT2D eigenvalue weighted by atomic mass is 32.1. The van der Waals surface area contributed by atoms with Gasteiger partial charge in [0.05, 0.1) is 0 Å². The first-order valence-corrected chi connectivity index (χ1v) is 6.16. The van der Waals surface area contributed by atoms with Crippen LogP contribution in [-0.4, -0.2) is 14.8 Å². The highest BCUT2D eigenvalue weighted by Gasteiger charge is 2.13. The van der Waals surface area contributed by atoms with Gasteiger partial charge in [0, 0.05) is 17.0 Å². The zero-order valence-electron chi connectivity index (χ0n) is 8.94. The van der Waals surface area contributed by atoms with E-state index in [0.29, 0.717) is 10.8 Å². The molecule has 0 aliphatic rings. The zero-order valence-corrected chi connectivity index (χ0v) is 10.6. The SMILES string of the molecule is Cc1cscc1-c1n[nH]c(=S)n1C(C)C. The fraction of sp³-hybridized carbons (Fsp3) is 0.400. The minimum Gasteiger partial charge on any atom is -0.298 e. The predicted molar refractivity (Wildman–Crippen MR) is 65.8 cm³/mol. The molecule has 1 N–H and O–H groups in total. The van der Waals surface area contributed by atoms with Gasteiger partial charge in [-0.3, -0.25) is 9.67 Å². The molecular weight excluding hydrogens is 226 g/mol. The topological polar surface area (TPSA) is 33.6 Å². The molecule has 80 valence electrons. The number of aryl methyl sites for hydroxylation is 1. The van der Waals surface area contributed by atoms with Crippen LogP contribution in [0.4, 0.5) is 0 Å². The van der Waals surface area contributed by atoms with Gasteiger partial charge in [0.1, 0.15) is 0 Å². The van der Waals surface area contributed by atoms with Crippen LogP contribution in [0, 0.1) is 11.7 Å². The number of hydrogen-bond acceptors (Lipinski definition) is 3. The fourth-order valence-corrected chi connectivity index (χ4v) is 2.73. The molecule has 0 saturated heterocycles. The molecule has 0 saturated carbocycles. The molecule has 0 aromatic carbocycles. The first kappa shape index (κ1) is 10.6. The fourth-order valence-electron chi connectivity index (χ4n) is 1.56. The van der Waals surface area contributed by atoms with Crippen LogP contribution in [0.1, 0.15) is 25.5 Å². The monoisotopic (exact) mass is 239 g/mol. The maximum absolute atomic E-state index is 5.21. The molecule has 0 aliphatic heterocycles. The summed E-state index contributed by atoms with van der Waals surface area (Å²) in [6.07, 6.45) is 0. The van der Waals surface area contributed by atoms with Crippen molar-refractivity contribution in [3.05, 3.63) is 21.1 Å². The van der Waals surface area contributed by atoms with Crippen molar-refractivity contribution in [3.63, 3.8) is 0 Å². The van der Waals surface area contributed by atoms with E-state index in [-0.39, 0.29) is 0 Å². The molecule has 0 aliphatic carbocycles. The molecule has 0 unspecified atom stereocenters. The van der Waals surface area contributed by atoms with Crippen molar-refractivity contribution >= 4 is 23.6 Å². The Morgan fingerprint density at radius 2 is 2.20 bits per heavy atom. The quantitative estimate of drug-likeness (QED) is 0.813. The van der Waals surface area contributed by atoms with E-state index in [2.05, 4.69) is 41.7 Å². The highest BCUT2D eigenvalue weighted by Crippen LogP contribution is 2.27. The first-order valence-electron chi connectivity index (χ1n) is 4.81. The van der Waals surface area contributed by atoms with Gasteiger partial charge in [0.15, 0.2) is 10.6 Å². The Hall–Kier alpha value is -0.940. The lowest BCUT2D eigenvalue weighted by Crippen LogP contribution is -2.03. The van der Waals surface area contributed by atoms with Crippen molar-refractivity contribution < 1.29 is 0 Å².